The molecule has 18 heavy (non-hydrogen) atoms. The number of halogens is 1. The number of aromatic amines is 1. The number of nitrogens with one attached hydrogen (secondary N) is 1. The highest BCUT2D eigenvalue weighted by Gasteiger charge is 2.11. The highest BCUT2D eigenvalue weighted by molar-refractivity contribution is 7.07. The summed E-state index contributed by atoms with van der Waals surface area (Å²) in [6.07, 6.45) is 1.04. The van der Waals surface area contributed by atoms with Gasteiger partial charge in [0.15, 0.2) is 0 Å². The van der Waals surface area contributed by atoms with Gasteiger partial charge in [-0.05, 0) is 6.42 Å². The van der Waals surface area contributed by atoms with E-state index >= 15 is 0 Å². The molecule has 5 nitrogen and oxygen atoms in total. The second kappa shape index (κ2) is 5.49. The Bertz CT molecular complexity index is 645. The fraction of sp³-hybridized carbons (Fsp3) is 0.364. The van der Waals surface area contributed by atoms with E-state index in [-0.39, 0.29) is 10.7 Å². The zero-order valence-corrected chi connectivity index (χ0v) is 11.3. The van der Waals surface area contributed by atoms with Crippen LogP contribution in [0.3, 0.4) is 0 Å². The van der Waals surface area contributed by atoms with Crippen LogP contribution in [0.5, 0.6) is 0 Å². The molecule has 0 atom stereocenters. The van der Waals surface area contributed by atoms with Crippen LogP contribution in [-0.2, 0) is 19.4 Å². The zero-order chi connectivity index (χ0) is 13.1. The molecule has 2 aromatic heterocycles. The van der Waals surface area contributed by atoms with E-state index in [1.807, 2.05) is 12.3 Å². The topological polar surface area (TPSA) is 67.8 Å². The smallest absolute Gasteiger partial charge is 0.297 e. The van der Waals surface area contributed by atoms with Crippen molar-refractivity contribution in [2.24, 2.45) is 0 Å². The van der Waals surface area contributed by atoms with Crippen molar-refractivity contribution in [1.82, 2.24) is 14.5 Å². The molecule has 0 saturated carbocycles. The molecule has 0 aromatic carbocycles. The van der Waals surface area contributed by atoms with Crippen molar-refractivity contribution in [2.75, 3.05) is 0 Å². The molecular formula is C11H12ClN3O2S. The van der Waals surface area contributed by atoms with Crippen LogP contribution in [0.15, 0.2) is 20.5 Å². The van der Waals surface area contributed by atoms with Crippen LogP contribution in [0.1, 0.15) is 18.2 Å². The second-order valence-electron chi connectivity index (χ2n) is 3.76. The van der Waals surface area contributed by atoms with Crippen molar-refractivity contribution >= 4 is 22.9 Å². The van der Waals surface area contributed by atoms with Gasteiger partial charge in [0.25, 0.3) is 5.56 Å². The predicted octanol–water partition coefficient (Wildman–Crippen LogP) is 1.45. The normalized spacial score (nSPS) is 10.8. The van der Waals surface area contributed by atoms with Gasteiger partial charge < -0.3 is 0 Å². The molecule has 2 aromatic rings. The quantitative estimate of drug-likeness (QED) is 0.865. The van der Waals surface area contributed by atoms with Crippen molar-refractivity contribution in [2.45, 2.75) is 26.3 Å². The Kier molecular flexibility index (Phi) is 3.98. The average molecular weight is 286 g/mol. The fourth-order valence-corrected chi connectivity index (χ4v) is 2.57. The third-order valence-electron chi connectivity index (χ3n) is 2.66. The first kappa shape index (κ1) is 13.0. The third-order valence-corrected chi connectivity index (χ3v) is 3.62. The molecule has 0 bridgehead atoms. The van der Waals surface area contributed by atoms with Gasteiger partial charge >= 0.3 is 5.69 Å². The molecule has 0 saturated heterocycles. The highest BCUT2D eigenvalue weighted by Crippen LogP contribution is 2.06. The summed E-state index contributed by atoms with van der Waals surface area (Å²) in [7, 11) is 0. The fourth-order valence-electron chi connectivity index (χ4n) is 1.68. The number of thiazole rings is 1. The van der Waals surface area contributed by atoms with Crippen molar-refractivity contribution < 1.29 is 0 Å². The molecule has 0 fully saturated rings. The summed E-state index contributed by atoms with van der Waals surface area (Å²) in [5.41, 5.74) is 2.24. The summed E-state index contributed by atoms with van der Waals surface area (Å²) in [5.74, 6) is 0. The molecule has 0 spiro atoms. The monoisotopic (exact) mass is 285 g/mol. The lowest BCUT2D eigenvalue weighted by Crippen LogP contribution is -2.37. The Morgan fingerprint density at radius 2 is 2.28 bits per heavy atom. The van der Waals surface area contributed by atoms with Gasteiger partial charge in [0, 0.05) is 18.3 Å². The third kappa shape index (κ3) is 2.54. The largest absolute Gasteiger partial charge is 0.329 e. The molecule has 1 N–H and O–H groups in total. The summed E-state index contributed by atoms with van der Waals surface area (Å²) < 4.78 is 1.17. The Labute approximate surface area is 112 Å². The van der Waals surface area contributed by atoms with Crippen LogP contribution in [-0.4, -0.2) is 14.5 Å². The molecule has 0 amide bonds. The molecule has 0 aliphatic rings. The van der Waals surface area contributed by atoms with Gasteiger partial charge in [-0.2, -0.15) is 0 Å². The Hall–Kier alpha value is -1.40. The lowest BCUT2D eigenvalue weighted by atomic mass is 10.2. The van der Waals surface area contributed by atoms with Gasteiger partial charge in [-0.1, -0.05) is 18.5 Å². The van der Waals surface area contributed by atoms with Gasteiger partial charge in [0.1, 0.15) is 5.15 Å². The maximum atomic E-state index is 12.0. The SMILES string of the molecule is CCc1c(Cl)[nH]c(=O)n(CCc2cscn2)c1=O. The van der Waals surface area contributed by atoms with Crippen molar-refractivity contribution in [3.63, 3.8) is 0 Å². The van der Waals surface area contributed by atoms with Crippen molar-refractivity contribution in [1.29, 1.82) is 0 Å². The van der Waals surface area contributed by atoms with E-state index in [2.05, 4.69) is 9.97 Å². The van der Waals surface area contributed by atoms with Gasteiger partial charge in [0.2, 0.25) is 0 Å². The second-order valence-corrected chi connectivity index (χ2v) is 4.86. The first-order valence-electron chi connectivity index (χ1n) is 5.52. The predicted molar refractivity (Wildman–Crippen MR) is 71.5 cm³/mol. The van der Waals surface area contributed by atoms with E-state index in [0.29, 0.717) is 24.9 Å². The summed E-state index contributed by atoms with van der Waals surface area (Å²) in [6.45, 7) is 2.13. The Balaban J connectivity index is 2.33. The van der Waals surface area contributed by atoms with E-state index in [1.165, 1.54) is 15.9 Å². The van der Waals surface area contributed by atoms with Crippen LogP contribution in [0.25, 0.3) is 0 Å². The maximum Gasteiger partial charge on any atom is 0.329 e. The van der Waals surface area contributed by atoms with Crippen LogP contribution in [0.2, 0.25) is 5.15 Å². The summed E-state index contributed by atoms with van der Waals surface area (Å²) >= 11 is 7.31. The molecule has 0 aliphatic carbocycles. The van der Waals surface area contributed by atoms with Crippen LogP contribution in [0.4, 0.5) is 0 Å². The molecule has 0 aliphatic heterocycles. The zero-order valence-electron chi connectivity index (χ0n) is 9.77. The minimum atomic E-state index is -0.475. The summed E-state index contributed by atoms with van der Waals surface area (Å²) in [6, 6.07) is 0. The number of rotatable bonds is 4. The molecular weight excluding hydrogens is 274 g/mol. The highest BCUT2D eigenvalue weighted by atomic mass is 35.5. The maximum absolute atomic E-state index is 12.0. The van der Waals surface area contributed by atoms with E-state index in [4.69, 9.17) is 11.6 Å². The summed E-state index contributed by atoms with van der Waals surface area (Å²) in [5, 5.41) is 2.04. The lowest BCUT2D eigenvalue weighted by molar-refractivity contribution is 0.615. The van der Waals surface area contributed by atoms with Crippen LogP contribution >= 0.6 is 22.9 Å². The van der Waals surface area contributed by atoms with Gasteiger partial charge in [-0.15, -0.1) is 11.3 Å². The number of H-pyrrole nitrogens is 1. The molecule has 0 unspecified atom stereocenters. The number of hydrogen-bond acceptors (Lipinski definition) is 4. The minimum Gasteiger partial charge on any atom is -0.297 e. The van der Waals surface area contributed by atoms with Crippen molar-refractivity contribution in [3.8, 4) is 0 Å². The standard InChI is InChI=1S/C11H12ClN3O2S/c1-2-8-9(12)14-11(17)15(10(8)16)4-3-7-5-18-6-13-7/h5-6H,2-4H2,1H3,(H,14,17). The van der Waals surface area contributed by atoms with E-state index in [1.54, 1.807) is 5.51 Å². The number of hydrogen-bond donors (Lipinski definition) is 1. The molecule has 0 radical (unpaired) electrons. The van der Waals surface area contributed by atoms with E-state index < -0.39 is 5.69 Å². The number of aryl methyl sites for hydroxylation is 1. The first-order chi connectivity index (χ1) is 8.63. The van der Waals surface area contributed by atoms with Crippen LogP contribution in [0, 0.1) is 0 Å². The Morgan fingerprint density at radius 3 is 2.89 bits per heavy atom. The first-order valence-corrected chi connectivity index (χ1v) is 6.84. The molecule has 7 heteroatoms. The lowest BCUT2D eigenvalue weighted by Gasteiger charge is -2.06. The molecule has 96 valence electrons. The number of nitrogens with zero attached hydrogens (tertiary/aromatic N) is 2. The van der Waals surface area contributed by atoms with E-state index in [9.17, 15) is 9.59 Å². The van der Waals surface area contributed by atoms with Gasteiger partial charge in [-0.25, -0.2) is 9.78 Å². The molecule has 2 heterocycles. The summed E-state index contributed by atoms with van der Waals surface area (Å²) in [4.78, 5) is 30.3. The van der Waals surface area contributed by atoms with Gasteiger partial charge in [0.05, 0.1) is 16.8 Å². The van der Waals surface area contributed by atoms with Crippen LogP contribution < -0.4 is 11.2 Å². The minimum absolute atomic E-state index is 0.136. The van der Waals surface area contributed by atoms with Gasteiger partial charge in [-0.3, -0.25) is 14.3 Å². The Morgan fingerprint density at radius 1 is 1.50 bits per heavy atom. The average Bonchev–Trinajstić information content (AvgIpc) is 2.81. The number of aromatic nitrogens is 3. The molecule has 2 rings (SSSR count). The van der Waals surface area contributed by atoms with E-state index in [0.717, 1.165) is 5.69 Å². The van der Waals surface area contributed by atoms with Crippen molar-refractivity contribution in [3.05, 3.63) is 48.1 Å².